The van der Waals surface area contributed by atoms with Crippen LogP contribution in [0.5, 0.6) is 5.75 Å². The van der Waals surface area contributed by atoms with Gasteiger partial charge in [-0.2, -0.15) is 0 Å². The smallest absolute Gasteiger partial charge is 0.165 e. The Labute approximate surface area is 149 Å². The number of benzene rings is 2. The predicted molar refractivity (Wildman–Crippen MR) is 98.2 cm³/mol. The number of halogens is 1. The highest BCUT2D eigenvalue weighted by atomic mass is 19.1. The molecule has 0 aliphatic carbocycles. The van der Waals surface area contributed by atoms with Crippen LogP contribution in [-0.4, -0.2) is 20.1 Å². The molecule has 0 unspecified atom stereocenters. The van der Waals surface area contributed by atoms with Crippen LogP contribution in [0.4, 0.5) is 10.2 Å². The molecule has 4 rings (SSSR count). The zero-order chi connectivity index (χ0) is 17.9. The molecule has 0 spiro atoms. The van der Waals surface area contributed by atoms with Crippen LogP contribution in [-0.2, 0) is 6.54 Å². The van der Waals surface area contributed by atoms with Gasteiger partial charge in [-0.3, -0.25) is 4.98 Å². The Bertz CT molecular complexity index is 1070. The minimum atomic E-state index is -0.644. The number of hydrogen-bond acceptors (Lipinski definition) is 5. The van der Waals surface area contributed by atoms with Gasteiger partial charge in [0.25, 0.3) is 0 Å². The first kappa shape index (κ1) is 16.0. The molecule has 0 saturated heterocycles. The van der Waals surface area contributed by atoms with Gasteiger partial charge in [0, 0.05) is 29.9 Å². The molecule has 2 aromatic carbocycles. The van der Waals surface area contributed by atoms with Gasteiger partial charge in [0.1, 0.15) is 5.82 Å². The largest absolute Gasteiger partial charge is 0.505 e. The molecule has 4 aromatic rings. The second-order valence-electron chi connectivity index (χ2n) is 5.79. The van der Waals surface area contributed by atoms with E-state index in [0.29, 0.717) is 23.8 Å². The van der Waals surface area contributed by atoms with Crippen LogP contribution < -0.4 is 5.32 Å². The van der Waals surface area contributed by atoms with Crippen LogP contribution in [0.15, 0.2) is 67.0 Å². The first-order chi connectivity index (χ1) is 12.7. The van der Waals surface area contributed by atoms with E-state index in [1.165, 1.54) is 12.1 Å². The number of nitrogens with one attached hydrogen (secondary N) is 1. The fraction of sp³-hybridized carbons (Fsp3) is 0.0500. The molecular formula is C20H15FN4O. The first-order valence-electron chi connectivity index (χ1n) is 8.09. The lowest BCUT2D eigenvalue weighted by Crippen LogP contribution is -2.04. The van der Waals surface area contributed by atoms with E-state index in [-0.39, 0.29) is 5.75 Å². The number of rotatable bonds is 4. The van der Waals surface area contributed by atoms with Crippen molar-refractivity contribution in [1.82, 2.24) is 15.0 Å². The second-order valence-corrected chi connectivity index (χ2v) is 5.79. The predicted octanol–water partition coefficient (Wildman–Crippen LogP) is 4.15. The highest BCUT2D eigenvalue weighted by Gasteiger charge is 2.09. The van der Waals surface area contributed by atoms with Gasteiger partial charge in [0.15, 0.2) is 17.4 Å². The molecule has 6 heteroatoms. The van der Waals surface area contributed by atoms with Crippen molar-refractivity contribution < 1.29 is 9.50 Å². The monoisotopic (exact) mass is 346 g/mol. The normalized spacial score (nSPS) is 10.8. The highest BCUT2D eigenvalue weighted by molar-refractivity contribution is 5.90. The Balaban J connectivity index is 1.72. The molecule has 128 valence electrons. The van der Waals surface area contributed by atoms with Gasteiger partial charge < -0.3 is 10.4 Å². The van der Waals surface area contributed by atoms with E-state index in [1.807, 2.05) is 36.4 Å². The number of fused-ring (bicyclic) bond motifs is 1. The SMILES string of the molecule is Oc1ccc(CNc2nc(-c3ccncc3)nc3ccccc23)cc1F. The molecule has 0 bridgehead atoms. The fourth-order valence-electron chi connectivity index (χ4n) is 2.69. The number of hydrogen-bond donors (Lipinski definition) is 2. The maximum atomic E-state index is 13.5. The van der Waals surface area contributed by atoms with E-state index >= 15 is 0 Å². The number of anilines is 1. The number of phenolic OH excluding ortho intramolecular Hbond substituents is 1. The van der Waals surface area contributed by atoms with Crippen LogP contribution in [0.2, 0.25) is 0 Å². The third-order valence-corrected chi connectivity index (χ3v) is 4.01. The van der Waals surface area contributed by atoms with E-state index in [2.05, 4.69) is 20.3 Å². The maximum absolute atomic E-state index is 13.5. The standard InChI is InChI=1S/C20H15FN4O/c21-16-11-13(5-6-18(16)26)12-23-20-15-3-1-2-4-17(15)24-19(25-20)14-7-9-22-10-8-14/h1-11,26H,12H2,(H,23,24,25). The Morgan fingerprint density at radius 3 is 2.58 bits per heavy atom. The van der Waals surface area contributed by atoms with Gasteiger partial charge in [0.2, 0.25) is 0 Å². The number of pyridine rings is 1. The summed E-state index contributed by atoms with van der Waals surface area (Å²) in [6.45, 7) is 0.369. The summed E-state index contributed by atoms with van der Waals surface area (Å²) in [6.07, 6.45) is 3.39. The second kappa shape index (κ2) is 6.76. The summed E-state index contributed by atoms with van der Waals surface area (Å²) in [7, 11) is 0. The average Bonchev–Trinajstić information content (AvgIpc) is 2.69. The van der Waals surface area contributed by atoms with Crippen LogP contribution in [0.3, 0.4) is 0 Å². The van der Waals surface area contributed by atoms with Crippen molar-refractivity contribution >= 4 is 16.7 Å². The Hall–Kier alpha value is -3.54. The van der Waals surface area contributed by atoms with E-state index < -0.39 is 5.82 Å². The Morgan fingerprint density at radius 1 is 0.962 bits per heavy atom. The summed E-state index contributed by atoms with van der Waals surface area (Å²) in [5, 5.41) is 13.4. The van der Waals surface area contributed by atoms with E-state index in [9.17, 15) is 9.50 Å². The molecule has 0 aliphatic heterocycles. The van der Waals surface area contributed by atoms with Crippen LogP contribution in [0.1, 0.15) is 5.56 Å². The minimum Gasteiger partial charge on any atom is -0.505 e. The van der Waals surface area contributed by atoms with Gasteiger partial charge in [-0.15, -0.1) is 0 Å². The van der Waals surface area contributed by atoms with Gasteiger partial charge in [0.05, 0.1) is 5.52 Å². The lowest BCUT2D eigenvalue weighted by atomic mass is 10.2. The topological polar surface area (TPSA) is 70.9 Å². The lowest BCUT2D eigenvalue weighted by molar-refractivity contribution is 0.432. The zero-order valence-corrected chi connectivity index (χ0v) is 13.7. The summed E-state index contributed by atoms with van der Waals surface area (Å²) in [5.41, 5.74) is 2.38. The van der Waals surface area contributed by atoms with Crippen molar-refractivity contribution in [2.75, 3.05) is 5.32 Å². The van der Waals surface area contributed by atoms with Crippen molar-refractivity contribution in [3.63, 3.8) is 0 Å². The molecule has 2 aromatic heterocycles. The number of nitrogens with zero attached hydrogens (tertiary/aromatic N) is 3. The van der Waals surface area contributed by atoms with Gasteiger partial charge in [-0.1, -0.05) is 18.2 Å². The summed E-state index contributed by atoms with van der Waals surface area (Å²) in [4.78, 5) is 13.3. The number of aromatic nitrogens is 3. The molecule has 0 amide bonds. The summed E-state index contributed by atoms with van der Waals surface area (Å²) >= 11 is 0. The zero-order valence-electron chi connectivity index (χ0n) is 13.7. The minimum absolute atomic E-state index is 0.360. The summed E-state index contributed by atoms with van der Waals surface area (Å²) in [5.74, 6) is 0.247. The first-order valence-corrected chi connectivity index (χ1v) is 8.09. The van der Waals surface area contributed by atoms with Crippen molar-refractivity contribution in [1.29, 1.82) is 0 Å². The molecule has 2 N–H and O–H groups in total. The molecule has 0 radical (unpaired) electrons. The Morgan fingerprint density at radius 2 is 1.77 bits per heavy atom. The molecule has 0 saturated carbocycles. The third kappa shape index (κ3) is 3.17. The number of phenols is 1. The molecule has 5 nitrogen and oxygen atoms in total. The van der Waals surface area contributed by atoms with E-state index in [0.717, 1.165) is 16.5 Å². The van der Waals surface area contributed by atoms with Gasteiger partial charge in [-0.25, -0.2) is 14.4 Å². The van der Waals surface area contributed by atoms with Crippen LogP contribution in [0.25, 0.3) is 22.3 Å². The summed E-state index contributed by atoms with van der Waals surface area (Å²) in [6, 6.07) is 15.7. The van der Waals surface area contributed by atoms with Crippen molar-refractivity contribution in [3.8, 4) is 17.1 Å². The molecule has 26 heavy (non-hydrogen) atoms. The molecular weight excluding hydrogens is 331 g/mol. The number of para-hydroxylation sites is 1. The van der Waals surface area contributed by atoms with E-state index in [4.69, 9.17) is 0 Å². The quantitative estimate of drug-likeness (QED) is 0.581. The third-order valence-electron chi connectivity index (χ3n) is 4.01. The molecule has 0 fully saturated rings. The van der Waals surface area contributed by atoms with E-state index in [1.54, 1.807) is 18.5 Å². The van der Waals surface area contributed by atoms with Gasteiger partial charge >= 0.3 is 0 Å². The average molecular weight is 346 g/mol. The molecule has 2 heterocycles. The lowest BCUT2D eigenvalue weighted by Gasteiger charge is -2.11. The van der Waals surface area contributed by atoms with Crippen molar-refractivity contribution in [2.45, 2.75) is 6.54 Å². The number of aromatic hydroxyl groups is 1. The van der Waals surface area contributed by atoms with Crippen LogP contribution in [0, 0.1) is 5.82 Å². The fourth-order valence-corrected chi connectivity index (χ4v) is 2.69. The Kier molecular flexibility index (Phi) is 4.15. The molecule has 0 atom stereocenters. The van der Waals surface area contributed by atoms with Crippen molar-refractivity contribution in [2.24, 2.45) is 0 Å². The highest BCUT2D eigenvalue weighted by Crippen LogP contribution is 2.25. The van der Waals surface area contributed by atoms with Gasteiger partial charge in [-0.05, 0) is 42.0 Å². The van der Waals surface area contributed by atoms with Crippen LogP contribution >= 0.6 is 0 Å². The molecule has 0 aliphatic rings. The van der Waals surface area contributed by atoms with Crippen molar-refractivity contribution in [3.05, 3.63) is 78.4 Å². The summed E-state index contributed by atoms with van der Waals surface area (Å²) < 4.78 is 13.5. The maximum Gasteiger partial charge on any atom is 0.165 e.